The van der Waals surface area contributed by atoms with Crippen molar-refractivity contribution >= 4 is 5.95 Å². The predicted molar refractivity (Wildman–Crippen MR) is 107 cm³/mol. The highest BCUT2D eigenvalue weighted by Gasteiger charge is 2.55. The van der Waals surface area contributed by atoms with Gasteiger partial charge in [-0.1, -0.05) is 12.8 Å². The third kappa shape index (κ3) is 3.01. The zero-order valence-corrected chi connectivity index (χ0v) is 16.8. The van der Waals surface area contributed by atoms with Gasteiger partial charge >= 0.3 is 0 Å². The van der Waals surface area contributed by atoms with Crippen molar-refractivity contribution in [1.29, 1.82) is 0 Å². The van der Waals surface area contributed by atoms with E-state index in [2.05, 4.69) is 31.5 Å². The average Bonchev–Trinajstić information content (AvgIpc) is 3.45. The van der Waals surface area contributed by atoms with Crippen LogP contribution in [0.4, 0.5) is 5.95 Å². The number of hydrogen-bond donors (Lipinski definition) is 2. The van der Waals surface area contributed by atoms with Gasteiger partial charge in [0.25, 0.3) is 0 Å². The summed E-state index contributed by atoms with van der Waals surface area (Å²) in [4.78, 5) is 11.8. The number of methoxy groups -OCH3 is 1. The minimum Gasteiger partial charge on any atom is -0.369 e. The summed E-state index contributed by atoms with van der Waals surface area (Å²) in [6, 6.07) is 4.69. The van der Waals surface area contributed by atoms with Crippen molar-refractivity contribution in [2.24, 2.45) is 5.41 Å². The Morgan fingerprint density at radius 3 is 2.89 bits per heavy atom. The lowest BCUT2D eigenvalue weighted by Crippen LogP contribution is -2.41. The van der Waals surface area contributed by atoms with Crippen LogP contribution in [0.2, 0.25) is 0 Å². The molecule has 4 aliphatic rings. The summed E-state index contributed by atoms with van der Waals surface area (Å²) in [5.41, 5.74) is 3.42. The highest BCUT2D eigenvalue weighted by Crippen LogP contribution is 2.52. The highest BCUT2D eigenvalue weighted by molar-refractivity contribution is 5.41. The van der Waals surface area contributed by atoms with E-state index in [4.69, 9.17) is 9.72 Å². The number of fused-ring (bicyclic) bond motifs is 1. The first-order valence-corrected chi connectivity index (χ1v) is 10.5. The van der Waals surface area contributed by atoms with Crippen LogP contribution in [0.25, 0.3) is 0 Å². The number of aromatic nitrogens is 4. The van der Waals surface area contributed by atoms with Crippen molar-refractivity contribution in [3.63, 3.8) is 0 Å². The Morgan fingerprint density at radius 1 is 1.32 bits per heavy atom. The van der Waals surface area contributed by atoms with Crippen LogP contribution >= 0.6 is 0 Å². The summed E-state index contributed by atoms with van der Waals surface area (Å²) in [6.45, 7) is 2.10. The average molecular weight is 383 g/mol. The molecule has 2 saturated heterocycles. The molecule has 0 aromatic carbocycles. The summed E-state index contributed by atoms with van der Waals surface area (Å²) in [7, 11) is 3.76. The largest absolute Gasteiger partial charge is 0.369 e. The van der Waals surface area contributed by atoms with Gasteiger partial charge in [0.2, 0.25) is 5.95 Å². The first-order valence-electron chi connectivity index (χ1n) is 10.5. The van der Waals surface area contributed by atoms with Crippen LogP contribution in [0.1, 0.15) is 67.6 Å². The van der Waals surface area contributed by atoms with Crippen molar-refractivity contribution in [2.75, 3.05) is 32.1 Å². The van der Waals surface area contributed by atoms with Crippen LogP contribution < -0.4 is 10.2 Å². The van der Waals surface area contributed by atoms with Gasteiger partial charge in [-0.3, -0.25) is 5.10 Å². The van der Waals surface area contributed by atoms with Crippen molar-refractivity contribution in [2.45, 2.75) is 56.6 Å². The summed E-state index contributed by atoms with van der Waals surface area (Å²) in [5, 5.41) is 11.2. The van der Waals surface area contributed by atoms with Crippen LogP contribution in [-0.4, -0.2) is 53.5 Å². The van der Waals surface area contributed by atoms with E-state index in [1.165, 1.54) is 44.2 Å². The maximum absolute atomic E-state index is 5.81. The minimum atomic E-state index is -0.267. The Kier molecular flexibility index (Phi) is 4.59. The maximum Gasteiger partial charge on any atom is 0.225 e. The van der Waals surface area contributed by atoms with E-state index in [1.54, 1.807) is 7.11 Å². The molecule has 1 unspecified atom stereocenters. The van der Waals surface area contributed by atoms with Gasteiger partial charge in [0.1, 0.15) is 6.10 Å². The number of rotatable bonds is 7. The van der Waals surface area contributed by atoms with Crippen LogP contribution in [0.3, 0.4) is 0 Å². The van der Waals surface area contributed by atoms with Gasteiger partial charge in [-0.15, -0.1) is 0 Å². The van der Waals surface area contributed by atoms with Crippen molar-refractivity contribution in [3.05, 3.63) is 35.4 Å². The topological polar surface area (TPSA) is 79.0 Å². The van der Waals surface area contributed by atoms with Crippen LogP contribution in [-0.2, 0) is 4.74 Å². The first kappa shape index (κ1) is 18.1. The molecule has 1 atom stereocenters. The van der Waals surface area contributed by atoms with E-state index in [0.717, 1.165) is 30.4 Å². The molecular weight excluding hydrogens is 352 g/mol. The maximum atomic E-state index is 5.81. The number of hydrogen-bond acceptors (Lipinski definition) is 6. The molecule has 28 heavy (non-hydrogen) atoms. The lowest BCUT2D eigenvalue weighted by Gasteiger charge is -2.36. The van der Waals surface area contributed by atoms with Gasteiger partial charge in [0.15, 0.2) is 0 Å². The van der Waals surface area contributed by atoms with Crippen molar-refractivity contribution in [3.8, 4) is 0 Å². The van der Waals surface area contributed by atoms with Gasteiger partial charge in [0.05, 0.1) is 11.4 Å². The van der Waals surface area contributed by atoms with Gasteiger partial charge in [-0.05, 0) is 44.9 Å². The van der Waals surface area contributed by atoms with E-state index in [0.29, 0.717) is 17.4 Å². The fourth-order valence-electron chi connectivity index (χ4n) is 5.56. The number of ether oxygens (including phenoxy) is 1. The molecule has 4 fully saturated rings. The van der Waals surface area contributed by atoms with Gasteiger partial charge < -0.3 is 15.0 Å². The van der Waals surface area contributed by atoms with Gasteiger partial charge in [0, 0.05) is 49.5 Å². The Hall–Kier alpha value is -1.99. The molecule has 150 valence electrons. The number of aromatic amines is 1. The number of nitrogens with zero attached hydrogens (tertiary/aromatic N) is 4. The molecule has 2 aromatic heterocycles. The minimum absolute atomic E-state index is 0.267. The second-order valence-electron chi connectivity index (χ2n) is 8.85. The van der Waals surface area contributed by atoms with E-state index in [-0.39, 0.29) is 6.10 Å². The lowest BCUT2D eigenvalue weighted by atomic mass is 9.70. The SMILES string of the molecule is CNCC12CC(C1)N(c1nccc(C(OC)c3cc(C4CCCC4)[nH]n3)n1)C2. The normalized spacial score (nSPS) is 27.9. The summed E-state index contributed by atoms with van der Waals surface area (Å²) < 4.78 is 5.81. The highest BCUT2D eigenvalue weighted by atomic mass is 16.5. The van der Waals surface area contributed by atoms with Crippen LogP contribution in [0, 0.1) is 5.41 Å². The smallest absolute Gasteiger partial charge is 0.225 e. The third-order valence-electron chi connectivity index (χ3n) is 6.94. The molecule has 0 spiro atoms. The molecular formula is C21H30N6O. The molecule has 0 amide bonds. The van der Waals surface area contributed by atoms with Gasteiger partial charge in [-0.2, -0.15) is 5.10 Å². The molecule has 2 aromatic rings. The quantitative estimate of drug-likeness (QED) is 0.767. The Balaban J connectivity index is 1.36. The van der Waals surface area contributed by atoms with E-state index < -0.39 is 0 Å². The summed E-state index contributed by atoms with van der Waals surface area (Å²) in [5.74, 6) is 1.44. The second kappa shape index (κ2) is 7.12. The van der Waals surface area contributed by atoms with Crippen molar-refractivity contribution < 1.29 is 4.74 Å². The molecule has 6 rings (SSSR count). The Bertz CT molecular complexity index is 824. The monoisotopic (exact) mass is 382 g/mol. The van der Waals surface area contributed by atoms with Gasteiger partial charge in [-0.25, -0.2) is 9.97 Å². The molecule has 2 aliphatic heterocycles. The Labute approximate surface area is 166 Å². The molecule has 7 nitrogen and oxygen atoms in total. The lowest BCUT2D eigenvalue weighted by molar-refractivity contribution is 0.129. The standard InChI is InChI=1S/C21H30N6O/c1-22-12-21-10-15(11-21)27(13-21)20-23-8-7-16(24-20)19(28-2)18-9-17(25-26-18)14-5-3-4-6-14/h7-9,14-15,19,22H,3-6,10-13H2,1-2H3,(H,25,26). The predicted octanol–water partition coefficient (Wildman–Crippen LogP) is 2.78. The fraction of sp³-hybridized carbons (Fsp3) is 0.667. The summed E-state index contributed by atoms with van der Waals surface area (Å²) in [6.07, 6.45) is 9.19. The second-order valence-corrected chi connectivity index (χ2v) is 8.85. The third-order valence-corrected chi connectivity index (χ3v) is 6.94. The fourth-order valence-corrected chi connectivity index (χ4v) is 5.56. The Morgan fingerprint density at radius 2 is 2.14 bits per heavy atom. The van der Waals surface area contributed by atoms with E-state index >= 15 is 0 Å². The molecule has 2 saturated carbocycles. The molecule has 2 N–H and O–H groups in total. The molecule has 2 aliphatic carbocycles. The van der Waals surface area contributed by atoms with Crippen molar-refractivity contribution in [1.82, 2.24) is 25.5 Å². The molecule has 0 radical (unpaired) electrons. The summed E-state index contributed by atoms with van der Waals surface area (Å²) >= 11 is 0. The zero-order valence-electron chi connectivity index (χ0n) is 16.8. The molecule has 4 heterocycles. The van der Waals surface area contributed by atoms with Crippen LogP contribution in [0.5, 0.6) is 0 Å². The van der Waals surface area contributed by atoms with E-state index in [9.17, 15) is 0 Å². The number of H-pyrrole nitrogens is 1. The molecule has 2 bridgehead atoms. The van der Waals surface area contributed by atoms with Crippen LogP contribution in [0.15, 0.2) is 18.3 Å². The first-order chi connectivity index (χ1) is 13.7. The number of anilines is 1. The molecule has 7 heteroatoms. The number of nitrogens with one attached hydrogen (secondary N) is 2. The van der Waals surface area contributed by atoms with E-state index in [1.807, 2.05) is 19.3 Å². The zero-order chi connectivity index (χ0) is 19.1.